The molecular formula is C20H19NO4. The Balaban J connectivity index is 2.18. The van der Waals surface area contributed by atoms with Gasteiger partial charge in [0.25, 0.3) is 0 Å². The Morgan fingerprint density at radius 1 is 1.16 bits per heavy atom. The Bertz CT molecular complexity index is 904. The van der Waals surface area contributed by atoms with Crippen molar-refractivity contribution in [1.29, 1.82) is 0 Å². The first-order valence-corrected chi connectivity index (χ1v) is 7.90. The lowest BCUT2D eigenvalue weighted by Gasteiger charge is -2.22. The molecule has 0 amide bonds. The van der Waals surface area contributed by atoms with Crippen LogP contribution in [0.1, 0.15) is 23.8 Å². The van der Waals surface area contributed by atoms with Crippen LogP contribution < -0.4 is 4.90 Å². The Morgan fingerprint density at radius 3 is 2.52 bits per heavy atom. The van der Waals surface area contributed by atoms with Crippen molar-refractivity contribution in [3.63, 3.8) is 0 Å². The van der Waals surface area contributed by atoms with Crippen molar-refractivity contribution < 1.29 is 18.7 Å². The van der Waals surface area contributed by atoms with Crippen molar-refractivity contribution in [1.82, 2.24) is 0 Å². The molecule has 0 spiro atoms. The number of anilines is 1. The maximum Gasteiger partial charge on any atom is 0.343 e. The number of Topliss-reactive ketones (excluding diaryl/α,β-unsaturated/α-hetero) is 1. The molecule has 5 heteroatoms. The van der Waals surface area contributed by atoms with E-state index in [1.54, 1.807) is 30.0 Å². The summed E-state index contributed by atoms with van der Waals surface area (Å²) in [5.41, 5.74) is 4.00. The van der Waals surface area contributed by atoms with Gasteiger partial charge in [0.15, 0.2) is 0 Å². The maximum atomic E-state index is 12.9. The molecule has 0 saturated heterocycles. The number of carbonyl (C=O) groups excluding carboxylic acids is 2. The highest BCUT2D eigenvalue weighted by Crippen LogP contribution is 2.36. The standard InChI is InChI=1S/C20H19NO4/c1-12-7-8-15(10-13(12)2)21-14(3)18(20(23)24-4)19(22)17(21)11-16-6-5-9-25-16/h5-11H,1-4H3/b17-11-. The summed E-state index contributed by atoms with van der Waals surface area (Å²) in [6.07, 6.45) is 3.17. The number of allylic oxidation sites excluding steroid dienone is 2. The van der Waals surface area contributed by atoms with Gasteiger partial charge in [-0.05, 0) is 56.2 Å². The number of benzene rings is 1. The van der Waals surface area contributed by atoms with Crippen LogP contribution in [0.2, 0.25) is 0 Å². The maximum absolute atomic E-state index is 12.9. The largest absolute Gasteiger partial charge is 0.465 e. The fourth-order valence-electron chi connectivity index (χ4n) is 2.86. The molecular weight excluding hydrogens is 318 g/mol. The lowest BCUT2D eigenvalue weighted by molar-refractivity contribution is -0.137. The Kier molecular flexibility index (Phi) is 4.31. The monoisotopic (exact) mass is 337 g/mol. The molecule has 2 aromatic rings. The second-order valence-corrected chi connectivity index (χ2v) is 5.93. The SMILES string of the molecule is COC(=O)C1=C(C)N(c2ccc(C)c(C)c2)/C(=C\c2ccco2)C1=O. The summed E-state index contributed by atoms with van der Waals surface area (Å²) in [7, 11) is 1.27. The molecule has 0 fully saturated rings. The summed E-state index contributed by atoms with van der Waals surface area (Å²) in [6.45, 7) is 5.77. The highest BCUT2D eigenvalue weighted by atomic mass is 16.5. The molecule has 25 heavy (non-hydrogen) atoms. The minimum absolute atomic E-state index is 0.0403. The summed E-state index contributed by atoms with van der Waals surface area (Å²) >= 11 is 0. The molecule has 0 aliphatic carbocycles. The molecule has 0 unspecified atom stereocenters. The smallest absolute Gasteiger partial charge is 0.343 e. The Morgan fingerprint density at radius 2 is 1.92 bits per heavy atom. The zero-order valence-electron chi connectivity index (χ0n) is 14.6. The van der Waals surface area contributed by atoms with Crippen molar-refractivity contribution in [3.8, 4) is 0 Å². The molecule has 0 saturated carbocycles. The van der Waals surface area contributed by atoms with Crippen LogP contribution in [-0.2, 0) is 14.3 Å². The second kappa shape index (κ2) is 6.43. The van der Waals surface area contributed by atoms with Crippen molar-refractivity contribution >= 4 is 23.5 Å². The van der Waals surface area contributed by atoms with E-state index >= 15 is 0 Å². The van der Waals surface area contributed by atoms with Crippen molar-refractivity contribution in [3.05, 3.63) is 70.4 Å². The number of methoxy groups -OCH3 is 1. The van der Waals surface area contributed by atoms with E-state index in [0.717, 1.165) is 16.8 Å². The molecule has 0 atom stereocenters. The number of aryl methyl sites for hydroxylation is 2. The number of esters is 1. The van der Waals surface area contributed by atoms with Crippen LogP contribution in [0.5, 0.6) is 0 Å². The van der Waals surface area contributed by atoms with Crippen molar-refractivity contribution in [2.45, 2.75) is 20.8 Å². The van der Waals surface area contributed by atoms with Gasteiger partial charge in [-0.25, -0.2) is 4.79 Å². The number of hydrogen-bond donors (Lipinski definition) is 0. The number of hydrogen-bond acceptors (Lipinski definition) is 5. The second-order valence-electron chi connectivity index (χ2n) is 5.93. The molecule has 1 aliphatic rings. The quantitative estimate of drug-likeness (QED) is 0.485. The minimum Gasteiger partial charge on any atom is -0.465 e. The lowest BCUT2D eigenvalue weighted by Crippen LogP contribution is -2.18. The summed E-state index contributed by atoms with van der Waals surface area (Å²) in [5, 5.41) is 0. The third-order valence-electron chi connectivity index (χ3n) is 4.36. The van der Waals surface area contributed by atoms with Gasteiger partial charge in [-0.2, -0.15) is 0 Å². The summed E-state index contributed by atoms with van der Waals surface area (Å²) in [6, 6.07) is 9.40. The topological polar surface area (TPSA) is 59.8 Å². The van der Waals surface area contributed by atoms with Crippen LogP contribution in [-0.4, -0.2) is 18.9 Å². The predicted octanol–water partition coefficient (Wildman–Crippen LogP) is 3.77. The van der Waals surface area contributed by atoms with E-state index in [9.17, 15) is 9.59 Å². The molecule has 0 N–H and O–H groups in total. The van der Waals surface area contributed by atoms with E-state index in [-0.39, 0.29) is 11.4 Å². The zero-order chi connectivity index (χ0) is 18.1. The number of rotatable bonds is 3. The van der Waals surface area contributed by atoms with Gasteiger partial charge in [-0.3, -0.25) is 4.79 Å². The third kappa shape index (κ3) is 2.89. The number of carbonyl (C=O) groups is 2. The van der Waals surface area contributed by atoms with Crippen LogP contribution in [0, 0.1) is 13.8 Å². The normalized spacial score (nSPS) is 16.1. The van der Waals surface area contributed by atoms with Crippen LogP contribution >= 0.6 is 0 Å². The summed E-state index contributed by atoms with van der Waals surface area (Å²) in [4.78, 5) is 26.7. The van der Waals surface area contributed by atoms with Gasteiger partial charge in [0.2, 0.25) is 5.78 Å². The van der Waals surface area contributed by atoms with Crippen LogP contribution in [0.3, 0.4) is 0 Å². The highest BCUT2D eigenvalue weighted by Gasteiger charge is 2.38. The average Bonchev–Trinajstić information content (AvgIpc) is 3.17. The van der Waals surface area contributed by atoms with E-state index in [1.807, 2.05) is 32.0 Å². The molecule has 1 aromatic heterocycles. The minimum atomic E-state index is -0.640. The third-order valence-corrected chi connectivity index (χ3v) is 4.36. The van der Waals surface area contributed by atoms with Crippen LogP contribution in [0.15, 0.2) is 58.0 Å². The molecule has 3 rings (SSSR count). The van der Waals surface area contributed by atoms with E-state index < -0.39 is 5.97 Å². The number of nitrogens with zero attached hydrogens (tertiary/aromatic N) is 1. The molecule has 0 radical (unpaired) electrons. The Labute approximate surface area is 146 Å². The first kappa shape index (κ1) is 16.8. The molecule has 1 aromatic carbocycles. The highest BCUT2D eigenvalue weighted by molar-refractivity contribution is 6.30. The van der Waals surface area contributed by atoms with Crippen molar-refractivity contribution in [2.75, 3.05) is 12.0 Å². The number of ether oxygens (including phenoxy) is 1. The summed E-state index contributed by atoms with van der Waals surface area (Å²) < 4.78 is 10.1. The number of ketones is 1. The van der Waals surface area contributed by atoms with Crippen molar-refractivity contribution in [2.24, 2.45) is 0 Å². The molecule has 2 heterocycles. The molecule has 5 nitrogen and oxygen atoms in total. The van der Waals surface area contributed by atoms with Gasteiger partial charge >= 0.3 is 5.97 Å². The average molecular weight is 337 g/mol. The predicted molar refractivity (Wildman–Crippen MR) is 94.8 cm³/mol. The van der Waals surface area contributed by atoms with E-state index in [4.69, 9.17) is 9.15 Å². The van der Waals surface area contributed by atoms with E-state index in [2.05, 4.69) is 0 Å². The van der Waals surface area contributed by atoms with Gasteiger partial charge in [0.05, 0.1) is 19.1 Å². The van der Waals surface area contributed by atoms with Gasteiger partial charge in [-0.1, -0.05) is 6.07 Å². The first-order chi connectivity index (χ1) is 11.9. The molecule has 0 bridgehead atoms. The number of furan rings is 1. The van der Waals surface area contributed by atoms with E-state index in [1.165, 1.54) is 13.4 Å². The zero-order valence-corrected chi connectivity index (χ0v) is 14.6. The van der Waals surface area contributed by atoms with Crippen LogP contribution in [0.4, 0.5) is 5.69 Å². The van der Waals surface area contributed by atoms with Gasteiger partial charge in [0.1, 0.15) is 11.3 Å². The first-order valence-electron chi connectivity index (χ1n) is 7.90. The van der Waals surface area contributed by atoms with Gasteiger partial charge < -0.3 is 14.1 Å². The molecule has 1 aliphatic heterocycles. The molecule has 128 valence electrons. The Hall–Kier alpha value is -3.08. The van der Waals surface area contributed by atoms with E-state index in [0.29, 0.717) is 17.2 Å². The summed E-state index contributed by atoms with van der Waals surface area (Å²) in [5.74, 6) is -0.478. The fourth-order valence-corrected chi connectivity index (χ4v) is 2.86. The fraction of sp³-hybridized carbons (Fsp3) is 0.200. The van der Waals surface area contributed by atoms with Gasteiger partial charge in [0, 0.05) is 17.5 Å². The van der Waals surface area contributed by atoms with Gasteiger partial charge in [-0.15, -0.1) is 0 Å². The lowest BCUT2D eigenvalue weighted by atomic mass is 10.1. The van der Waals surface area contributed by atoms with Crippen LogP contribution in [0.25, 0.3) is 6.08 Å².